The van der Waals surface area contributed by atoms with Crippen LogP contribution in [0.3, 0.4) is 0 Å². The Bertz CT molecular complexity index is 622. The topological polar surface area (TPSA) is 104 Å². The standard InChI is InChI=1S/C15H23N3O.C2H2O4/c1-3-17(4-2)10-7-8-12-19-15-13-14-9-5-6-11-18(14)16-15;3-1(4)2(5)6/h5-6,9,11,13H,3-4,7-8,10,12H2,1-2H3;(H,3,4)(H,5,6). The number of rotatable bonds is 8. The van der Waals surface area contributed by atoms with E-state index in [4.69, 9.17) is 24.5 Å². The van der Waals surface area contributed by atoms with Gasteiger partial charge in [0, 0.05) is 12.3 Å². The number of aliphatic carboxylic acids is 2. The molecule has 0 amide bonds. The molecule has 2 N–H and O–H groups in total. The van der Waals surface area contributed by atoms with Gasteiger partial charge in [-0.25, -0.2) is 14.1 Å². The van der Waals surface area contributed by atoms with Gasteiger partial charge in [-0.15, -0.1) is 5.10 Å². The third kappa shape index (κ3) is 7.67. The molecule has 0 radical (unpaired) electrons. The van der Waals surface area contributed by atoms with Crippen molar-refractivity contribution in [2.45, 2.75) is 26.7 Å². The van der Waals surface area contributed by atoms with Crippen LogP contribution in [0.5, 0.6) is 5.88 Å². The van der Waals surface area contributed by atoms with E-state index in [9.17, 15) is 0 Å². The lowest BCUT2D eigenvalue weighted by molar-refractivity contribution is -0.159. The Hall–Kier alpha value is -2.61. The van der Waals surface area contributed by atoms with Crippen molar-refractivity contribution < 1.29 is 24.5 Å². The number of nitrogens with zero attached hydrogens (tertiary/aromatic N) is 3. The van der Waals surface area contributed by atoms with Crippen molar-refractivity contribution >= 4 is 17.5 Å². The lowest BCUT2D eigenvalue weighted by Crippen LogP contribution is -2.24. The molecule has 0 saturated heterocycles. The molecular weight excluding hydrogens is 326 g/mol. The highest BCUT2D eigenvalue weighted by molar-refractivity contribution is 6.27. The molecule has 0 aliphatic rings. The molecule has 0 fully saturated rings. The summed E-state index contributed by atoms with van der Waals surface area (Å²) in [7, 11) is 0. The van der Waals surface area contributed by atoms with E-state index in [-0.39, 0.29) is 0 Å². The first kappa shape index (κ1) is 20.4. The molecule has 0 bridgehead atoms. The number of pyridine rings is 1. The number of hydrogen-bond acceptors (Lipinski definition) is 5. The molecule has 0 spiro atoms. The van der Waals surface area contributed by atoms with E-state index in [1.165, 1.54) is 6.42 Å². The van der Waals surface area contributed by atoms with Gasteiger partial charge in [0.2, 0.25) is 5.88 Å². The summed E-state index contributed by atoms with van der Waals surface area (Å²) in [5, 5.41) is 19.1. The summed E-state index contributed by atoms with van der Waals surface area (Å²) in [5.41, 5.74) is 1.07. The molecule has 2 rings (SSSR count). The summed E-state index contributed by atoms with van der Waals surface area (Å²) in [6, 6.07) is 7.98. The van der Waals surface area contributed by atoms with E-state index < -0.39 is 11.9 Å². The highest BCUT2D eigenvalue weighted by Crippen LogP contribution is 2.12. The molecule has 2 aromatic rings. The van der Waals surface area contributed by atoms with E-state index in [0.717, 1.165) is 38.2 Å². The zero-order chi connectivity index (χ0) is 18.7. The highest BCUT2D eigenvalue weighted by Gasteiger charge is 2.04. The van der Waals surface area contributed by atoms with Crippen molar-refractivity contribution in [3.8, 4) is 5.88 Å². The van der Waals surface area contributed by atoms with Gasteiger partial charge in [-0.1, -0.05) is 19.9 Å². The van der Waals surface area contributed by atoms with Crippen molar-refractivity contribution in [1.29, 1.82) is 0 Å². The van der Waals surface area contributed by atoms with Gasteiger partial charge in [0.15, 0.2) is 0 Å². The minimum Gasteiger partial charge on any atom is -0.477 e. The molecule has 8 heteroatoms. The van der Waals surface area contributed by atoms with Gasteiger partial charge in [0.1, 0.15) is 0 Å². The Kier molecular flexibility index (Phi) is 9.02. The van der Waals surface area contributed by atoms with E-state index in [1.54, 1.807) is 0 Å². The summed E-state index contributed by atoms with van der Waals surface area (Å²) in [5.74, 6) is -2.93. The van der Waals surface area contributed by atoms with Crippen molar-refractivity contribution in [2.75, 3.05) is 26.2 Å². The molecule has 2 aromatic heterocycles. The van der Waals surface area contributed by atoms with Gasteiger partial charge in [-0.3, -0.25) is 0 Å². The maximum absolute atomic E-state index is 9.10. The molecular formula is C17H25N3O5. The van der Waals surface area contributed by atoms with Crippen molar-refractivity contribution in [2.24, 2.45) is 0 Å². The van der Waals surface area contributed by atoms with Crippen LogP contribution in [0, 0.1) is 0 Å². The first-order valence-corrected chi connectivity index (χ1v) is 8.23. The van der Waals surface area contributed by atoms with Crippen LogP contribution in [0.25, 0.3) is 5.52 Å². The van der Waals surface area contributed by atoms with Crippen LogP contribution >= 0.6 is 0 Å². The zero-order valence-electron chi connectivity index (χ0n) is 14.6. The summed E-state index contributed by atoms with van der Waals surface area (Å²) < 4.78 is 7.53. The van der Waals surface area contributed by atoms with Gasteiger partial charge in [0.25, 0.3) is 0 Å². The Morgan fingerprint density at radius 1 is 1.16 bits per heavy atom. The van der Waals surface area contributed by atoms with Crippen LogP contribution in [0.2, 0.25) is 0 Å². The summed E-state index contributed by atoms with van der Waals surface area (Å²) in [6.07, 6.45) is 4.18. The average molecular weight is 351 g/mol. The molecule has 0 aliphatic heterocycles. The van der Waals surface area contributed by atoms with Gasteiger partial charge in [-0.05, 0) is 44.6 Å². The predicted octanol–water partition coefficient (Wildman–Crippen LogP) is 1.99. The molecule has 0 aromatic carbocycles. The van der Waals surface area contributed by atoms with Crippen molar-refractivity contribution in [3.05, 3.63) is 30.5 Å². The first-order valence-electron chi connectivity index (χ1n) is 8.23. The second kappa shape index (κ2) is 11.0. The lowest BCUT2D eigenvalue weighted by atomic mass is 10.3. The minimum absolute atomic E-state index is 0.717. The molecule has 8 nitrogen and oxygen atoms in total. The second-order valence-electron chi connectivity index (χ2n) is 5.25. The quantitative estimate of drug-likeness (QED) is 0.553. The SMILES string of the molecule is CCN(CC)CCCCOc1cc2ccccn2n1.O=C(O)C(=O)O. The largest absolute Gasteiger partial charge is 0.477 e. The van der Waals surface area contributed by atoms with E-state index in [0.29, 0.717) is 5.88 Å². The summed E-state index contributed by atoms with van der Waals surface area (Å²) >= 11 is 0. The molecule has 0 aliphatic carbocycles. The summed E-state index contributed by atoms with van der Waals surface area (Å²) in [4.78, 5) is 20.6. The average Bonchev–Trinajstić information content (AvgIpc) is 3.01. The molecule has 0 atom stereocenters. The fraction of sp³-hybridized carbons (Fsp3) is 0.471. The van der Waals surface area contributed by atoms with Gasteiger partial charge < -0.3 is 19.8 Å². The van der Waals surface area contributed by atoms with Crippen LogP contribution in [0.15, 0.2) is 30.5 Å². The molecule has 0 unspecified atom stereocenters. The van der Waals surface area contributed by atoms with Crippen LogP contribution in [-0.2, 0) is 9.59 Å². The molecule has 25 heavy (non-hydrogen) atoms. The molecule has 0 saturated carbocycles. The number of carboxylic acid groups (broad SMARTS) is 2. The lowest BCUT2D eigenvalue weighted by Gasteiger charge is -2.17. The Labute approximate surface area is 146 Å². The second-order valence-corrected chi connectivity index (χ2v) is 5.25. The Balaban J connectivity index is 0.000000450. The Morgan fingerprint density at radius 3 is 2.40 bits per heavy atom. The van der Waals surface area contributed by atoms with Gasteiger partial charge >= 0.3 is 11.9 Å². The smallest absolute Gasteiger partial charge is 0.414 e. The van der Waals surface area contributed by atoms with E-state index in [2.05, 4.69) is 23.8 Å². The number of fused-ring (bicyclic) bond motifs is 1. The first-order chi connectivity index (χ1) is 12.0. The van der Waals surface area contributed by atoms with Crippen LogP contribution in [-0.4, -0.2) is 62.9 Å². The maximum Gasteiger partial charge on any atom is 0.414 e. The predicted molar refractivity (Wildman–Crippen MR) is 93.0 cm³/mol. The van der Waals surface area contributed by atoms with E-state index in [1.807, 2.05) is 35.0 Å². The van der Waals surface area contributed by atoms with Crippen LogP contribution in [0.1, 0.15) is 26.7 Å². The third-order valence-corrected chi connectivity index (χ3v) is 3.54. The third-order valence-electron chi connectivity index (χ3n) is 3.54. The van der Waals surface area contributed by atoms with Gasteiger partial charge in [-0.2, -0.15) is 0 Å². The number of hydrogen-bond donors (Lipinski definition) is 2. The monoisotopic (exact) mass is 351 g/mol. The number of unbranched alkanes of at least 4 members (excludes halogenated alkanes) is 1. The van der Waals surface area contributed by atoms with Gasteiger partial charge in [0.05, 0.1) is 12.1 Å². The van der Waals surface area contributed by atoms with E-state index >= 15 is 0 Å². The normalized spacial score (nSPS) is 10.4. The van der Waals surface area contributed by atoms with Crippen LogP contribution < -0.4 is 4.74 Å². The van der Waals surface area contributed by atoms with Crippen molar-refractivity contribution in [1.82, 2.24) is 14.5 Å². The fourth-order valence-corrected chi connectivity index (χ4v) is 2.14. The zero-order valence-corrected chi connectivity index (χ0v) is 14.6. The van der Waals surface area contributed by atoms with Crippen LogP contribution in [0.4, 0.5) is 0 Å². The maximum atomic E-state index is 9.10. The number of aromatic nitrogens is 2. The molecule has 138 valence electrons. The van der Waals surface area contributed by atoms with Crippen molar-refractivity contribution in [3.63, 3.8) is 0 Å². The number of carbonyl (C=O) groups is 2. The summed E-state index contributed by atoms with van der Waals surface area (Å²) in [6.45, 7) is 8.56. The highest BCUT2D eigenvalue weighted by atomic mass is 16.5. The minimum atomic E-state index is -1.82. The Morgan fingerprint density at radius 2 is 1.84 bits per heavy atom. The number of carboxylic acids is 2. The number of ether oxygens (including phenoxy) is 1. The fourth-order valence-electron chi connectivity index (χ4n) is 2.14. The molecule has 2 heterocycles.